The zero-order valence-corrected chi connectivity index (χ0v) is 20.1. The maximum Gasteiger partial charge on any atom is 0.298 e. The molecule has 0 saturated heterocycles. The molecule has 0 saturated carbocycles. The van der Waals surface area contributed by atoms with E-state index in [1.165, 1.54) is 12.1 Å². The monoisotopic (exact) mass is 676 g/mol. The zero-order valence-electron chi connectivity index (χ0n) is 14.0. The molecule has 2 aliphatic heterocycles. The number of anilines is 2. The maximum absolute atomic E-state index is 11.4. The van der Waals surface area contributed by atoms with Gasteiger partial charge in [0.1, 0.15) is 21.9 Å². The van der Waals surface area contributed by atoms with Gasteiger partial charge in [0.25, 0.3) is 22.7 Å². The third-order valence-electron chi connectivity index (χ3n) is 3.26. The van der Waals surface area contributed by atoms with Crippen molar-refractivity contribution in [1.29, 1.82) is 0 Å². The van der Waals surface area contributed by atoms with E-state index in [4.69, 9.17) is 38.5 Å². The third kappa shape index (κ3) is 6.20. The second-order valence-electron chi connectivity index (χ2n) is 5.11. The predicted molar refractivity (Wildman–Crippen MR) is 108 cm³/mol. The van der Waals surface area contributed by atoms with Crippen LogP contribution in [0.4, 0.5) is 11.6 Å². The normalized spacial score (nSPS) is 14.5. The van der Waals surface area contributed by atoms with Crippen LogP contribution in [0, 0.1) is 10.1 Å². The van der Waals surface area contributed by atoms with E-state index in [1.54, 1.807) is 12.1 Å². The van der Waals surface area contributed by atoms with Gasteiger partial charge in [0.15, 0.2) is 3.23 Å². The van der Waals surface area contributed by atoms with Gasteiger partial charge in [-0.3, -0.25) is 14.4 Å². The smallest absolute Gasteiger partial charge is 0.298 e. The van der Waals surface area contributed by atoms with Gasteiger partial charge in [-0.05, 0) is 24.3 Å². The minimum absolute atomic E-state index is 0. The summed E-state index contributed by atoms with van der Waals surface area (Å²) >= 11 is 17.7. The molecule has 0 unspecified atom stereocenters. The van der Waals surface area contributed by atoms with Crippen LogP contribution < -0.4 is 10.6 Å². The van der Waals surface area contributed by atoms with E-state index in [0.717, 1.165) is 5.56 Å². The number of pyridine rings is 2. The van der Waals surface area contributed by atoms with Gasteiger partial charge >= 0.3 is 0 Å². The van der Waals surface area contributed by atoms with Gasteiger partial charge in [0.05, 0.1) is 5.56 Å². The molecule has 0 bridgehead atoms. The first kappa shape index (κ1) is 26.4. The van der Waals surface area contributed by atoms with Gasteiger partial charge < -0.3 is 15.8 Å². The number of Topliss-reactive ketones (excluding diaryl/α,β-unsaturated/α-hetero) is 1. The predicted octanol–water partition coefficient (Wildman–Crippen LogP) is 3.15. The molecule has 3 N–H and O–H groups in total. The van der Waals surface area contributed by atoms with E-state index in [2.05, 4.69) is 52.5 Å². The van der Waals surface area contributed by atoms with Crippen molar-refractivity contribution in [3.63, 3.8) is 0 Å². The summed E-state index contributed by atoms with van der Waals surface area (Å²) in [6.45, 7) is 0. The minimum Gasteiger partial charge on any atom is -0.328 e. The standard InChI is InChI=1S/C7H3Br2ClN2O.C7H3ClN2O2.Ag.HNO3/c8-7(9)3-1-2-4(10)11-5(3)12-6(7)13;8-4-2-1-3-5(11)7(12)10-6(3)9-4;;2-1(3)4/h1-2H,(H,11,12,13);1-2H,(H,9,10,11,12);;(H,2,3,4). The molecule has 2 aliphatic rings. The number of carbonyl (C=O) groups excluding carboxylic acids is 3. The van der Waals surface area contributed by atoms with Crippen molar-refractivity contribution in [1.82, 2.24) is 9.97 Å². The van der Waals surface area contributed by atoms with Crippen LogP contribution in [0.5, 0.6) is 0 Å². The Morgan fingerprint density at radius 3 is 2.07 bits per heavy atom. The number of alkyl halides is 2. The Hall–Kier alpha value is -1.61. The van der Waals surface area contributed by atoms with E-state index in [0.29, 0.717) is 11.0 Å². The number of carbonyl (C=O) groups is 3. The van der Waals surface area contributed by atoms with E-state index in [9.17, 15) is 14.4 Å². The molecule has 1 radical (unpaired) electrons. The average molecular weight is 680 g/mol. The summed E-state index contributed by atoms with van der Waals surface area (Å²) in [6.07, 6.45) is 0. The molecular formula is C14H7AgBr2Cl2N5O6. The Kier molecular flexibility index (Phi) is 9.35. The summed E-state index contributed by atoms with van der Waals surface area (Å²) in [6, 6.07) is 6.33. The van der Waals surface area contributed by atoms with E-state index >= 15 is 0 Å². The van der Waals surface area contributed by atoms with Crippen LogP contribution in [0.25, 0.3) is 0 Å². The third-order valence-corrected chi connectivity index (χ3v) is 5.26. The molecule has 30 heavy (non-hydrogen) atoms. The molecule has 16 heteroatoms. The van der Waals surface area contributed by atoms with Gasteiger partial charge in [-0.2, -0.15) is 0 Å². The van der Waals surface area contributed by atoms with Gasteiger partial charge in [-0.15, -0.1) is 10.1 Å². The Morgan fingerprint density at radius 2 is 1.50 bits per heavy atom. The molecule has 0 spiro atoms. The largest absolute Gasteiger partial charge is 0.328 e. The van der Waals surface area contributed by atoms with Crippen LogP contribution in [0.3, 0.4) is 0 Å². The number of nitrogens with zero attached hydrogens (tertiary/aromatic N) is 3. The molecule has 0 aliphatic carbocycles. The maximum atomic E-state index is 11.4. The number of hydrogen-bond donors (Lipinski definition) is 3. The second kappa shape index (κ2) is 10.6. The van der Waals surface area contributed by atoms with Crippen LogP contribution in [0.1, 0.15) is 15.9 Å². The Bertz CT molecular complexity index is 1040. The number of hydrogen-bond acceptors (Lipinski definition) is 7. The summed E-state index contributed by atoms with van der Waals surface area (Å²) in [4.78, 5) is 49.3. The molecule has 11 nitrogen and oxygen atoms in total. The molecule has 4 rings (SSSR count). The molecule has 0 atom stereocenters. The first-order chi connectivity index (χ1) is 13.4. The van der Waals surface area contributed by atoms with Crippen LogP contribution in [-0.4, -0.2) is 37.9 Å². The number of aromatic nitrogens is 2. The molecule has 2 aromatic rings. The van der Waals surface area contributed by atoms with Gasteiger partial charge in [0, 0.05) is 27.9 Å². The number of fused-ring (bicyclic) bond motifs is 2. The van der Waals surface area contributed by atoms with Crippen LogP contribution in [0.15, 0.2) is 24.3 Å². The number of nitrogens with one attached hydrogen (secondary N) is 2. The fraction of sp³-hybridized carbons (Fsp3) is 0.0714. The van der Waals surface area contributed by atoms with Gasteiger partial charge in [-0.25, -0.2) is 9.97 Å². The van der Waals surface area contributed by atoms with Crippen molar-refractivity contribution < 1.29 is 47.1 Å². The van der Waals surface area contributed by atoms with E-state index < -0.39 is 20.0 Å². The molecule has 163 valence electrons. The Morgan fingerprint density at radius 1 is 1.00 bits per heavy atom. The van der Waals surface area contributed by atoms with E-state index in [1.807, 2.05) is 0 Å². The SMILES string of the molecule is O=C1Nc2nc(Cl)ccc2C1(Br)Br.O=C1Nc2nc(Cl)ccc2C1=O.O=[N+]([O-])O.[Ag]. The fourth-order valence-electron chi connectivity index (χ4n) is 2.09. The van der Waals surface area contributed by atoms with Crippen molar-refractivity contribution in [3.05, 3.63) is 55.8 Å². The molecule has 0 aromatic carbocycles. The van der Waals surface area contributed by atoms with Crippen LogP contribution >= 0.6 is 55.1 Å². The van der Waals surface area contributed by atoms with Crippen LogP contribution in [0.2, 0.25) is 10.3 Å². The summed E-state index contributed by atoms with van der Waals surface area (Å²) in [5.41, 5.74) is 1.02. The molecular weight excluding hydrogens is 673 g/mol. The van der Waals surface area contributed by atoms with Gasteiger partial charge in [0.2, 0.25) is 0 Å². The molecule has 4 heterocycles. The number of rotatable bonds is 0. The van der Waals surface area contributed by atoms with Crippen LogP contribution in [-0.2, 0) is 35.2 Å². The quantitative estimate of drug-likeness (QED) is 0.0955. The summed E-state index contributed by atoms with van der Waals surface area (Å²) in [5.74, 6) is -0.671. The van der Waals surface area contributed by atoms with Gasteiger partial charge in [-0.1, -0.05) is 55.1 Å². The summed E-state index contributed by atoms with van der Waals surface area (Å²) in [5, 5.41) is 19.2. The minimum atomic E-state index is -1.50. The first-order valence-corrected chi connectivity index (χ1v) is 9.49. The summed E-state index contributed by atoms with van der Waals surface area (Å²) in [7, 11) is 0. The van der Waals surface area contributed by atoms with Crippen molar-refractivity contribution in [3.8, 4) is 0 Å². The zero-order chi connectivity index (χ0) is 21.9. The number of halogens is 4. The Balaban J connectivity index is 0.000000249. The number of ketones is 1. The molecule has 0 fully saturated rings. The fourth-order valence-corrected chi connectivity index (χ4v) is 3.23. The van der Waals surface area contributed by atoms with E-state index in [-0.39, 0.29) is 44.8 Å². The van der Waals surface area contributed by atoms with Crippen molar-refractivity contribution >= 4 is 84.3 Å². The topological polar surface area (TPSA) is 164 Å². The van der Waals surface area contributed by atoms with Crippen molar-refractivity contribution in [2.24, 2.45) is 0 Å². The molecule has 2 aromatic heterocycles. The first-order valence-electron chi connectivity index (χ1n) is 7.15. The average Bonchev–Trinajstić information content (AvgIpc) is 3.00. The Labute approximate surface area is 209 Å². The number of amides is 2. The molecule has 2 amide bonds. The second-order valence-corrected chi connectivity index (χ2v) is 9.33. The van der Waals surface area contributed by atoms with Crippen molar-refractivity contribution in [2.45, 2.75) is 3.23 Å². The van der Waals surface area contributed by atoms with Crippen molar-refractivity contribution in [2.75, 3.05) is 10.6 Å². The summed E-state index contributed by atoms with van der Waals surface area (Å²) < 4.78 is -0.868.